The van der Waals surface area contributed by atoms with Gasteiger partial charge >= 0.3 is 0 Å². The van der Waals surface area contributed by atoms with Crippen LogP contribution in [0.1, 0.15) is 30.7 Å². The molecule has 39 heavy (non-hydrogen) atoms. The van der Waals surface area contributed by atoms with Crippen molar-refractivity contribution in [2.75, 3.05) is 23.1 Å². The van der Waals surface area contributed by atoms with E-state index in [4.69, 9.17) is 10.5 Å². The number of ether oxygens (including phenoxy) is 1. The van der Waals surface area contributed by atoms with Crippen LogP contribution in [-0.4, -0.2) is 39.7 Å². The van der Waals surface area contributed by atoms with E-state index in [1.54, 1.807) is 36.4 Å². The first kappa shape index (κ1) is 26.9. The number of nitrogens with two attached hydrogens (primary N) is 1. The van der Waals surface area contributed by atoms with E-state index in [0.29, 0.717) is 57.1 Å². The third kappa shape index (κ3) is 5.40. The lowest BCUT2D eigenvalue weighted by Gasteiger charge is -2.38. The predicted molar refractivity (Wildman–Crippen MR) is 152 cm³/mol. The number of hydrogen-bond donors (Lipinski definition) is 2. The minimum absolute atomic E-state index is 0.0326. The molecule has 3 heterocycles. The quantitative estimate of drug-likeness (QED) is 0.354. The first-order valence-corrected chi connectivity index (χ1v) is 14.5. The molecular weight excluding hydrogens is 602 g/mol. The van der Waals surface area contributed by atoms with Gasteiger partial charge in [-0.2, -0.15) is 5.26 Å². The Morgan fingerprint density at radius 3 is 2.87 bits per heavy atom. The monoisotopic (exact) mass is 623 g/mol. The second kappa shape index (κ2) is 11.6. The topological polar surface area (TPSA) is 147 Å². The molecule has 198 valence electrons. The van der Waals surface area contributed by atoms with E-state index in [0.717, 1.165) is 4.47 Å². The number of anilines is 2. The summed E-state index contributed by atoms with van der Waals surface area (Å²) in [6.07, 6.45) is 3.24. The van der Waals surface area contributed by atoms with Crippen LogP contribution in [0.3, 0.4) is 0 Å². The summed E-state index contributed by atoms with van der Waals surface area (Å²) in [5.74, 6) is 0.421. The summed E-state index contributed by atoms with van der Waals surface area (Å²) in [5, 5.41) is 21.9. The predicted octanol–water partition coefficient (Wildman–Crippen LogP) is 4.74. The molecule has 1 aliphatic carbocycles. The van der Waals surface area contributed by atoms with Gasteiger partial charge in [0, 0.05) is 33.9 Å². The summed E-state index contributed by atoms with van der Waals surface area (Å²) in [4.78, 5) is 31.5. The van der Waals surface area contributed by atoms with Crippen molar-refractivity contribution < 1.29 is 14.3 Å². The number of halogens is 1. The normalized spacial score (nSPS) is 17.1. The first-order chi connectivity index (χ1) is 18.9. The summed E-state index contributed by atoms with van der Waals surface area (Å²) < 4.78 is 6.92. The molecule has 2 aliphatic rings. The number of pyridine rings is 1. The summed E-state index contributed by atoms with van der Waals surface area (Å²) in [6, 6.07) is 13.1. The molecule has 2 aromatic heterocycles. The zero-order valence-corrected chi connectivity index (χ0v) is 23.9. The van der Waals surface area contributed by atoms with Crippen LogP contribution in [0.4, 0.5) is 10.9 Å². The highest BCUT2D eigenvalue weighted by Gasteiger charge is 2.42. The minimum Gasteiger partial charge on any atom is -0.496 e. The van der Waals surface area contributed by atoms with Gasteiger partial charge in [0.2, 0.25) is 11.0 Å². The number of amides is 1. The van der Waals surface area contributed by atoms with Crippen molar-refractivity contribution in [2.24, 2.45) is 5.73 Å². The maximum absolute atomic E-state index is 13.3. The molecule has 1 unspecified atom stereocenters. The number of nitrogens with one attached hydrogen (secondary N) is 1. The van der Waals surface area contributed by atoms with Gasteiger partial charge < -0.3 is 15.8 Å². The molecule has 3 aromatic rings. The number of hydrogen-bond acceptors (Lipinski definition) is 11. The number of methoxy groups -OCH3 is 1. The molecule has 0 saturated carbocycles. The number of rotatable bonds is 7. The van der Waals surface area contributed by atoms with Crippen LogP contribution in [-0.2, 0) is 9.59 Å². The molecule has 1 aromatic carbocycles. The number of Topliss-reactive ketones (excluding diaryl/α,β-unsaturated/α-hetero) is 1. The zero-order valence-electron chi connectivity index (χ0n) is 20.7. The molecule has 0 saturated heterocycles. The molecule has 1 aliphatic heterocycles. The Kier molecular flexibility index (Phi) is 7.97. The Labute approximate surface area is 241 Å². The third-order valence-electron chi connectivity index (χ3n) is 6.27. The van der Waals surface area contributed by atoms with Gasteiger partial charge in [-0.3, -0.25) is 14.5 Å². The molecule has 5 rings (SSSR count). The molecule has 1 atom stereocenters. The summed E-state index contributed by atoms with van der Waals surface area (Å²) >= 11 is 5.77. The Hall–Kier alpha value is -3.73. The fourth-order valence-electron chi connectivity index (χ4n) is 4.63. The number of carbonyl (C=O) groups is 2. The summed E-state index contributed by atoms with van der Waals surface area (Å²) in [7, 11) is 1.56. The minimum atomic E-state index is -0.636. The molecule has 0 spiro atoms. The average Bonchev–Trinajstić information content (AvgIpc) is 3.41. The summed E-state index contributed by atoms with van der Waals surface area (Å²) in [5.41, 5.74) is 8.82. The number of benzene rings is 1. The fraction of sp³-hybridized carbons (Fsp3) is 0.231. The van der Waals surface area contributed by atoms with Crippen LogP contribution in [0, 0.1) is 11.3 Å². The molecule has 0 fully saturated rings. The fourth-order valence-corrected chi connectivity index (χ4v) is 6.54. The first-order valence-electron chi connectivity index (χ1n) is 11.9. The standard InChI is InChI=1S/C26H22BrN7O3S2/c1-37-19-8-3-2-5-15(19)22-16(11-28)24(29)34(17-6-4-7-18(35)23(17)22)25-32-33-26(39-25)38-13-21(36)31-20-10-9-14(27)12-30-20/h2-3,5,8-10,12,22H,4,6-7,13,29H2,1H3,(H,30,31,36). The van der Waals surface area contributed by atoms with Crippen LogP contribution < -0.4 is 20.7 Å². The van der Waals surface area contributed by atoms with E-state index >= 15 is 0 Å². The molecule has 3 N–H and O–H groups in total. The van der Waals surface area contributed by atoms with Gasteiger partial charge in [0.05, 0.1) is 30.4 Å². The molecule has 0 bridgehead atoms. The Morgan fingerprint density at radius 1 is 1.31 bits per heavy atom. The second-order valence-corrected chi connectivity index (χ2v) is 11.7. The Morgan fingerprint density at radius 2 is 2.13 bits per heavy atom. The summed E-state index contributed by atoms with van der Waals surface area (Å²) in [6.45, 7) is 0. The highest BCUT2D eigenvalue weighted by molar-refractivity contribution is 9.10. The molecule has 13 heteroatoms. The lowest BCUT2D eigenvalue weighted by Crippen LogP contribution is -2.38. The van der Waals surface area contributed by atoms with E-state index in [1.165, 1.54) is 23.1 Å². The average molecular weight is 625 g/mol. The van der Waals surface area contributed by atoms with Crippen molar-refractivity contribution in [2.45, 2.75) is 29.5 Å². The number of carbonyl (C=O) groups excluding carboxylic acids is 2. The number of nitrogens with zero attached hydrogens (tertiary/aromatic N) is 5. The highest BCUT2D eigenvalue weighted by Crippen LogP contribution is 2.48. The van der Waals surface area contributed by atoms with E-state index in [1.807, 2.05) is 18.2 Å². The molecule has 0 radical (unpaired) electrons. The number of para-hydroxylation sites is 1. The van der Waals surface area contributed by atoms with E-state index in [2.05, 4.69) is 42.5 Å². The van der Waals surface area contributed by atoms with E-state index in [9.17, 15) is 14.9 Å². The largest absolute Gasteiger partial charge is 0.496 e. The van der Waals surface area contributed by atoms with Crippen LogP contribution in [0.5, 0.6) is 5.75 Å². The molecule has 1 amide bonds. The molecular formula is C26H22BrN7O3S2. The van der Waals surface area contributed by atoms with E-state index in [-0.39, 0.29) is 28.8 Å². The van der Waals surface area contributed by atoms with Gasteiger partial charge in [-0.1, -0.05) is 41.3 Å². The zero-order chi connectivity index (χ0) is 27.5. The maximum Gasteiger partial charge on any atom is 0.235 e. The van der Waals surface area contributed by atoms with Gasteiger partial charge in [0.15, 0.2) is 10.1 Å². The van der Waals surface area contributed by atoms with Crippen LogP contribution in [0.25, 0.3) is 0 Å². The van der Waals surface area contributed by atoms with Gasteiger partial charge in [-0.25, -0.2) is 4.98 Å². The smallest absolute Gasteiger partial charge is 0.235 e. The Bertz CT molecular complexity index is 1550. The van der Waals surface area contributed by atoms with Crippen molar-refractivity contribution in [3.8, 4) is 11.8 Å². The number of allylic oxidation sites excluding steroid dienone is 3. The lowest BCUT2D eigenvalue weighted by atomic mass is 9.75. The molecule has 10 nitrogen and oxygen atoms in total. The number of aromatic nitrogens is 3. The van der Waals surface area contributed by atoms with E-state index < -0.39 is 5.92 Å². The van der Waals surface area contributed by atoms with Gasteiger partial charge in [0.1, 0.15) is 17.4 Å². The van der Waals surface area contributed by atoms with Crippen LogP contribution >= 0.6 is 39.0 Å². The van der Waals surface area contributed by atoms with Crippen molar-refractivity contribution >= 4 is 61.7 Å². The lowest BCUT2D eigenvalue weighted by molar-refractivity contribution is -0.116. The Balaban J connectivity index is 1.44. The van der Waals surface area contributed by atoms with Gasteiger partial charge in [-0.15, -0.1) is 10.2 Å². The maximum atomic E-state index is 13.3. The second-order valence-electron chi connectivity index (χ2n) is 8.61. The third-order valence-corrected chi connectivity index (χ3v) is 8.78. The van der Waals surface area contributed by atoms with Crippen molar-refractivity contribution in [1.82, 2.24) is 15.2 Å². The van der Waals surface area contributed by atoms with Crippen LogP contribution in [0.15, 0.2) is 74.1 Å². The van der Waals surface area contributed by atoms with Crippen molar-refractivity contribution in [1.29, 1.82) is 5.26 Å². The number of nitriles is 1. The SMILES string of the molecule is COc1ccccc1C1C(C#N)=C(N)N(c2nnc(SCC(=O)Nc3ccc(Br)cn3)s2)C2=C1C(=O)CCC2. The number of thioether (sulfide) groups is 1. The number of ketones is 1. The van der Waals surface area contributed by atoms with Crippen LogP contribution in [0.2, 0.25) is 0 Å². The van der Waals surface area contributed by atoms with Gasteiger partial charge in [-0.05, 0) is 47.0 Å². The van der Waals surface area contributed by atoms with Crippen molar-refractivity contribution in [3.05, 3.63) is 75.3 Å². The van der Waals surface area contributed by atoms with Gasteiger partial charge in [0.25, 0.3) is 0 Å². The highest BCUT2D eigenvalue weighted by atomic mass is 79.9. The van der Waals surface area contributed by atoms with Crippen molar-refractivity contribution in [3.63, 3.8) is 0 Å².